The fraction of sp³-hybridized carbons (Fsp3) is 0.321. The van der Waals surface area contributed by atoms with E-state index in [1.165, 1.54) is 24.3 Å². The maximum Gasteiger partial charge on any atom is 0.407 e. The van der Waals surface area contributed by atoms with Gasteiger partial charge in [-0.2, -0.15) is 0 Å². The van der Waals surface area contributed by atoms with Crippen LogP contribution in [-0.4, -0.2) is 46.7 Å². The summed E-state index contributed by atoms with van der Waals surface area (Å²) in [5, 5.41) is 5.77. The van der Waals surface area contributed by atoms with E-state index in [-0.39, 0.29) is 17.9 Å². The Morgan fingerprint density at radius 2 is 1.47 bits per heavy atom. The molecule has 2 heterocycles. The third-order valence-corrected chi connectivity index (χ3v) is 5.57. The van der Waals surface area contributed by atoms with E-state index in [2.05, 4.69) is 15.6 Å². The van der Waals surface area contributed by atoms with Crippen LogP contribution in [0.25, 0.3) is 0 Å². The molecule has 2 N–H and O–H groups in total. The molecule has 1 aliphatic rings. The topological polar surface area (TPSA) is 102 Å². The number of benzene rings is 2. The molecular formula is C28H31FN4O5. The summed E-state index contributed by atoms with van der Waals surface area (Å²) < 4.78 is 30.4. The molecule has 0 bridgehead atoms. The van der Waals surface area contributed by atoms with Gasteiger partial charge in [-0.15, -0.1) is 0 Å². The van der Waals surface area contributed by atoms with Crippen LogP contribution in [0.4, 0.5) is 19.7 Å². The Balaban J connectivity index is 1.42. The van der Waals surface area contributed by atoms with E-state index in [0.29, 0.717) is 54.6 Å². The van der Waals surface area contributed by atoms with Gasteiger partial charge in [-0.1, -0.05) is 0 Å². The highest BCUT2D eigenvalue weighted by atomic mass is 19.1. The smallest absolute Gasteiger partial charge is 0.407 e. The lowest BCUT2D eigenvalue weighted by molar-refractivity contribution is 0.0486. The maximum atomic E-state index is 13.3. The highest BCUT2D eigenvalue weighted by Crippen LogP contribution is 2.32. The van der Waals surface area contributed by atoms with Crippen molar-refractivity contribution < 1.29 is 28.2 Å². The first-order valence-electron chi connectivity index (χ1n) is 12.3. The van der Waals surface area contributed by atoms with E-state index in [4.69, 9.17) is 14.2 Å². The van der Waals surface area contributed by atoms with Crippen molar-refractivity contribution >= 4 is 17.8 Å². The van der Waals surface area contributed by atoms with Crippen LogP contribution in [0.3, 0.4) is 0 Å². The minimum atomic E-state index is -0.570. The molecule has 0 saturated carbocycles. The van der Waals surface area contributed by atoms with Crippen molar-refractivity contribution in [2.45, 2.75) is 45.3 Å². The predicted molar refractivity (Wildman–Crippen MR) is 140 cm³/mol. The third-order valence-electron chi connectivity index (χ3n) is 5.57. The lowest BCUT2D eigenvalue weighted by Gasteiger charge is -2.32. The number of urea groups is 1. The summed E-state index contributed by atoms with van der Waals surface area (Å²) in [5.41, 5.74) is -0.104. The van der Waals surface area contributed by atoms with Crippen LogP contribution in [0.15, 0.2) is 67.0 Å². The number of carbonyl (C=O) groups is 2. The Kier molecular flexibility index (Phi) is 8.30. The van der Waals surface area contributed by atoms with Gasteiger partial charge < -0.3 is 29.7 Å². The second kappa shape index (κ2) is 11.8. The number of pyridine rings is 1. The quantitative estimate of drug-likeness (QED) is 0.392. The molecule has 1 aromatic heterocycles. The van der Waals surface area contributed by atoms with Gasteiger partial charge in [0.1, 0.15) is 34.4 Å². The molecule has 0 atom stereocenters. The van der Waals surface area contributed by atoms with Crippen LogP contribution >= 0.6 is 0 Å². The Hall–Kier alpha value is -4.34. The number of nitrogens with one attached hydrogen (secondary N) is 2. The number of hydrogen-bond acceptors (Lipinski definition) is 6. The second-order valence-corrected chi connectivity index (χ2v) is 9.87. The lowest BCUT2D eigenvalue weighted by atomic mass is 10.1. The van der Waals surface area contributed by atoms with Gasteiger partial charge in [0, 0.05) is 55.4 Å². The highest BCUT2D eigenvalue weighted by Gasteiger charge is 2.26. The standard InChI is InChI=1S/C28H31FN4O5/c1-28(2,3)38-27(35)32-20-10-14-33(15-11-20)26(34)31-21-16-24(36-22-6-4-19(29)5-7-22)18-25(17-21)37-23-8-12-30-13-9-23/h4-9,12-13,16-18,20H,10-11,14-15H2,1-3H3,(H,31,34)(H,32,35). The zero-order valence-corrected chi connectivity index (χ0v) is 21.6. The van der Waals surface area contributed by atoms with E-state index in [1.807, 2.05) is 20.8 Å². The van der Waals surface area contributed by atoms with Gasteiger partial charge in [-0.3, -0.25) is 4.98 Å². The van der Waals surface area contributed by atoms with Crippen molar-refractivity contribution in [3.8, 4) is 23.0 Å². The van der Waals surface area contributed by atoms with Gasteiger partial charge in [-0.25, -0.2) is 14.0 Å². The number of halogens is 1. The van der Waals surface area contributed by atoms with E-state index >= 15 is 0 Å². The number of nitrogens with zero attached hydrogens (tertiary/aromatic N) is 2. The SMILES string of the molecule is CC(C)(C)OC(=O)NC1CCN(C(=O)Nc2cc(Oc3ccncc3)cc(Oc3ccc(F)cc3)c2)CC1. The third kappa shape index (κ3) is 8.09. The first-order valence-corrected chi connectivity index (χ1v) is 12.3. The van der Waals surface area contributed by atoms with Crippen LogP contribution in [0.1, 0.15) is 33.6 Å². The van der Waals surface area contributed by atoms with E-state index in [1.54, 1.807) is 47.6 Å². The number of amides is 3. The molecule has 0 aliphatic carbocycles. The molecule has 1 fully saturated rings. The monoisotopic (exact) mass is 522 g/mol. The fourth-order valence-corrected chi connectivity index (χ4v) is 3.85. The van der Waals surface area contributed by atoms with Crippen molar-refractivity contribution in [3.05, 3.63) is 72.8 Å². The van der Waals surface area contributed by atoms with E-state index < -0.39 is 11.7 Å². The number of alkyl carbamates (subject to hydrolysis) is 1. The molecule has 3 amide bonds. The molecule has 9 nitrogen and oxygen atoms in total. The minimum Gasteiger partial charge on any atom is -0.457 e. The number of piperidine rings is 1. The van der Waals surface area contributed by atoms with Gasteiger partial charge in [0.15, 0.2) is 0 Å². The number of likely N-dealkylation sites (tertiary alicyclic amines) is 1. The van der Waals surface area contributed by atoms with Gasteiger partial charge in [0.05, 0.1) is 0 Å². The molecular weight excluding hydrogens is 491 g/mol. The molecule has 1 saturated heterocycles. The Bertz CT molecular complexity index is 1240. The van der Waals surface area contributed by atoms with Crippen molar-refractivity contribution in [2.75, 3.05) is 18.4 Å². The van der Waals surface area contributed by atoms with Gasteiger partial charge in [0.2, 0.25) is 0 Å². The van der Waals surface area contributed by atoms with Crippen molar-refractivity contribution in [3.63, 3.8) is 0 Å². The van der Waals surface area contributed by atoms with Crippen molar-refractivity contribution in [2.24, 2.45) is 0 Å². The molecule has 0 unspecified atom stereocenters. The molecule has 0 radical (unpaired) electrons. The zero-order chi connectivity index (χ0) is 27.1. The molecule has 0 spiro atoms. The summed E-state index contributed by atoms with van der Waals surface area (Å²) in [7, 11) is 0. The van der Waals surface area contributed by atoms with E-state index in [9.17, 15) is 14.0 Å². The number of carbonyl (C=O) groups excluding carboxylic acids is 2. The second-order valence-electron chi connectivity index (χ2n) is 9.87. The molecule has 3 aromatic rings. The van der Waals surface area contributed by atoms with Gasteiger partial charge >= 0.3 is 12.1 Å². The van der Waals surface area contributed by atoms with Gasteiger partial charge in [-0.05, 0) is 70.0 Å². The molecule has 4 rings (SSSR count). The first kappa shape index (κ1) is 26.7. The summed E-state index contributed by atoms with van der Waals surface area (Å²) in [4.78, 5) is 30.8. The average Bonchev–Trinajstić information content (AvgIpc) is 2.85. The summed E-state index contributed by atoms with van der Waals surface area (Å²) in [6.07, 6.45) is 3.98. The lowest BCUT2D eigenvalue weighted by Crippen LogP contribution is -2.48. The molecule has 200 valence electrons. The molecule has 38 heavy (non-hydrogen) atoms. The van der Waals surface area contributed by atoms with E-state index in [0.717, 1.165) is 0 Å². The molecule has 2 aromatic carbocycles. The minimum absolute atomic E-state index is 0.0679. The average molecular weight is 523 g/mol. The van der Waals surface area contributed by atoms with Crippen LogP contribution in [0.2, 0.25) is 0 Å². The van der Waals surface area contributed by atoms with Crippen LogP contribution in [0.5, 0.6) is 23.0 Å². The zero-order valence-electron chi connectivity index (χ0n) is 21.6. The van der Waals surface area contributed by atoms with Crippen LogP contribution in [0, 0.1) is 5.82 Å². The summed E-state index contributed by atoms with van der Waals surface area (Å²) in [6.45, 7) is 6.38. The van der Waals surface area contributed by atoms with Crippen LogP contribution in [-0.2, 0) is 4.74 Å². The van der Waals surface area contributed by atoms with Crippen LogP contribution < -0.4 is 20.1 Å². The summed E-state index contributed by atoms with van der Waals surface area (Å²) >= 11 is 0. The number of anilines is 1. The molecule has 1 aliphatic heterocycles. The maximum absolute atomic E-state index is 13.3. The largest absolute Gasteiger partial charge is 0.457 e. The number of rotatable bonds is 6. The molecule has 10 heteroatoms. The fourth-order valence-electron chi connectivity index (χ4n) is 3.85. The Morgan fingerprint density at radius 3 is 2.05 bits per heavy atom. The highest BCUT2D eigenvalue weighted by molar-refractivity contribution is 5.90. The number of aromatic nitrogens is 1. The Labute approximate surface area is 220 Å². The number of ether oxygens (including phenoxy) is 3. The van der Waals surface area contributed by atoms with Crippen molar-refractivity contribution in [1.82, 2.24) is 15.2 Å². The summed E-state index contributed by atoms with van der Waals surface area (Å²) in [5.74, 6) is 1.47. The van der Waals surface area contributed by atoms with Gasteiger partial charge in [0.25, 0.3) is 0 Å². The number of hydrogen-bond donors (Lipinski definition) is 2. The Morgan fingerprint density at radius 1 is 0.895 bits per heavy atom. The van der Waals surface area contributed by atoms with Crippen molar-refractivity contribution in [1.29, 1.82) is 0 Å². The normalized spacial score (nSPS) is 13.9. The first-order chi connectivity index (χ1) is 18.1. The summed E-state index contributed by atoms with van der Waals surface area (Å²) in [6, 6.07) is 13.7. The predicted octanol–water partition coefficient (Wildman–Crippen LogP) is 6.33.